The number of fused-ring (bicyclic) bond motifs is 1. The van der Waals surface area contributed by atoms with Gasteiger partial charge in [-0.15, -0.1) is 0 Å². The molecule has 0 saturated carbocycles. The Kier molecular flexibility index (Phi) is 3.69. The van der Waals surface area contributed by atoms with Gasteiger partial charge in [-0.2, -0.15) is 14.8 Å². The third-order valence-corrected chi connectivity index (χ3v) is 4.35. The molecule has 0 aliphatic heterocycles. The maximum atomic E-state index is 11.0. The number of hydrogen-bond acceptors (Lipinski definition) is 7. The van der Waals surface area contributed by atoms with Crippen LogP contribution in [0, 0.1) is 6.92 Å². The van der Waals surface area contributed by atoms with Crippen LogP contribution in [-0.2, 0) is 5.60 Å². The predicted molar refractivity (Wildman–Crippen MR) is 96.1 cm³/mol. The Hall–Kier alpha value is -3.26. The third-order valence-electron chi connectivity index (χ3n) is 4.35. The zero-order valence-corrected chi connectivity index (χ0v) is 14.6. The van der Waals surface area contributed by atoms with E-state index in [9.17, 15) is 5.11 Å². The minimum absolute atomic E-state index is 0.445. The minimum atomic E-state index is -1.30. The first kappa shape index (κ1) is 16.2. The van der Waals surface area contributed by atoms with E-state index in [1.807, 2.05) is 18.2 Å². The Morgan fingerprint density at radius 1 is 1.23 bits per heavy atom. The monoisotopic (exact) mass is 350 g/mol. The molecule has 3 aromatic heterocycles. The first-order valence-electron chi connectivity index (χ1n) is 8.14. The van der Waals surface area contributed by atoms with E-state index in [0.717, 1.165) is 10.9 Å². The fraction of sp³-hybridized carbons (Fsp3) is 0.222. The molecule has 0 aliphatic carbocycles. The lowest BCUT2D eigenvalue weighted by atomic mass is 9.92. The number of aliphatic hydroxyl groups is 1. The number of aromatic nitrogens is 5. The average molecular weight is 350 g/mol. The molecule has 1 aromatic carbocycles. The molecule has 4 rings (SSSR count). The Morgan fingerprint density at radius 2 is 2.08 bits per heavy atom. The summed E-state index contributed by atoms with van der Waals surface area (Å²) in [4.78, 5) is 8.72. The van der Waals surface area contributed by atoms with Gasteiger partial charge in [0.1, 0.15) is 22.9 Å². The second kappa shape index (κ2) is 5.92. The summed E-state index contributed by atoms with van der Waals surface area (Å²) in [5.74, 6) is 1.78. The molecule has 0 aliphatic rings. The van der Waals surface area contributed by atoms with Gasteiger partial charge in [-0.25, -0.2) is 4.98 Å². The number of benzene rings is 1. The second-order valence-corrected chi connectivity index (χ2v) is 6.22. The third kappa shape index (κ3) is 2.60. The SMILES string of the molecule is CNc1ccnc(-n2ncc3ccc(C(C)(O)c4cc(C)on4)cc32)n1. The van der Waals surface area contributed by atoms with Gasteiger partial charge in [0, 0.05) is 24.7 Å². The summed E-state index contributed by atoms with van der Waals surface area (Å²) in [7, 11) is 1.79. The Morgan fingerprint density at radius 3 is 2.81 bits per heavy atom. The highest BCUT2D eigenvalue weighted by atomic mass is 16.5. The van der Waals surface area contributed by atoms with E-state index in [1.54, 1.807) is 50.1 Å². The van der Waals surface area contributed by atoms with Gasteiger partial charge < -0.3 is 14.9 Å². The van der Waals surface area contributed by atoms with E-state index >= 15 is 0 Å². The van der Waals surface area contributed by atoms with E-state index in [0.29, 0.717) is 28.8 Å². The van der Waals surface area contributed by atoms with Crippen molar-refractivity contribution in [2.24, 2.45) is 0 Å². The molecular weight excluding hydrogens is 332 g/mol. The molecule has 26 heavy (non-hydrogen) atoms. The van der Waals surface area contributed by atoms with Gasteiger partial charge in [0.05, 0.1) is 11.7 Å². The molecule has 0 amide bonds. The van der Waals surface area contributed by atoms with Crippen molar-refractivity contribution in [1.29, 1.82) is 0 Å². The van der Waals surface area contributed by atoms with Gasteiger partial charge in [0.15, 0.2) is 0 Å². The summed E-state index contributed by atoms with van der Waals surface area (Å²) in [5, 5.41) is 23.3. The van der Waals surface area contributed by atoms with Crippen LogP contribution in [0.1, 0.15) is 23.9 Å². The summed E-state index contributed by atoms with van der Waals surface area (Å²) < 4.78 is 6.75. The zero-order chi connectivity index (χ0) is 18.3. The molecule has 4 aromatic rings. The van der Waals surface area contributed by atoms with E-state index in [-0.39, 0.29) is 0 Å². The molecule has 132 valence electrons. The lowest BCUT2D eigenvalue weighted by Gasteiger charge is -2.21. The second-order valence-electron chi connectivity index (χ2n) is 6.22. The largest absolute Gasteiger partial charge is 0.379 e. The number of rotatable bonds is 4. The van der Waals surface area contributed by atoms with Crippen molar-refractivity contribution in [2.45, 2.75) is 19.4 Å². The maximum absolute atomic E-state index is 11.0. The topological polar surface area (TPSA) is 102 Å². The highest BCUT2D eigenvalue weighted by molar-refractivity contribution is 5.81. The summed E-state index contributed by atoms with van der Waals surface area (Å²) in [6, 6.07) is 9.11. The molecule has 0 radical (unpaired) electrons. The highest BCUT2D eigenvalue weighted by Crippen LogP contribution is 2.31. The van der Waals surface area contributed by atoms with Crippen molar-refractivity contribution in [3.8, 4) is 5.95 Å². The summed E-state index contributed by atoms with van der Waals surface area (Å²) in [6.45, 7) is 3.47. The standard InChI is InChI=1S/C18H18N6O2/c1-11-8-15(23-26-11)18(2,25)13-5-4-12-10-21-24(14(12)9-13)17-20-7-6-16(19-3)22-17/h4-10,25H,1-3H3,(H,19,20,22). The Balaban J connectivity index is 1.84. The molecule has 0 saturated heterocycles. The van der Waals surface area contributed by atoms with Gasteiger partial charge in [-0.05, 0) is 31.5 Å². The van der Waals surface area contributed by atoms with Crippen LogP contribution in [0.5, 0.6) is 0 Å². The quantitative estimate of drug-likeness (QED) is 0.583. The highest BCUT2D eigenvalue weighted by Gasteiger charge is 2.30. The molecule has 8 heteroatoms. The molecule has 1 atom stereocenters. The lowest BCUT2D eigenvalue weighted by molar-refractivity contribution is 0.0933. The number of anilines is 1. The van der Waals surface area contributed by atoms with Crippen LogP contribution < -0.4 is 5.32 Å². The Labute approximate surface area is 149 Å². The molecule has 2 N–H and O–H groups in total. The molecule has 8 nitrogen and oxygen atoms in total. The molecule has 0 spiro atoms. The average Bonchev–Trinajstić information content (AvgIpc) is 3.27. The van der Waals surface area contributed by atoms with E-state index in [1.165, 1.54) is 0 Å². The number of aryl methyl sites for hydroxylation is 1. The summed E-state index contributed by atoms with van der Waals surface area (Å²) in [6.07, 6.45) is 3.41. The molecule has 0 fully saturated rings. The van der Waals surface area contributed by atoms with Crippen molar-refractivity contribution in [3.05, 3.63) is 59.7 Å². The smallest absolute Gasteiger partial charge is 0.253 e. The van der Waals surface area contributed by atoms with Crippen molar-refractivity contribution >= 4 is 16.7 Å². The first-order valence-corrected chi connectivity index (χ1v) is 8.14. The predicted octanol–water partition coefficient (Wildman–Crippen LogP) is 2.41. The Bertz CT molecular complexity index is 1080. The molecule has 3 heterocycles. The van der Waals surface area contributed by atoms with Crippen LogP contribution in [0.25, 0.3) is 16.9 Å². The van der Waals surface area contributed by atoms with Crippen molar-refractivity contribution < 1.29 is 9.63 Å². The number of nitrogens with one attached hydrogen (secondary N) is 1. The van der Waals surface area contributed by atoms with E-state index < -0.39 is 5.60 Å². The summed E-state index contributed by atoms with van der Waals surface area (Å²) in [5.41, 5.74) is 0.615. The first-order chi connectivity index (χ1) is 12.5. The molecule has 1 unspecified atom stereocenters. The minimum Gasteiger partial charge on any atom is -0.379 e. The normalized spacial score (nSPS) is 13.7. The molecular formula is C18H18N6O2. The molecule has 0 bridgehead atoms. The maximum Gasteiger partial charge on any atom is 0.253 e. The van der Waals surface area contributed by atoms with Gasteiger partial charge in [0.2, 0.25) is 0 Å². The van der Waals surface area contributed by atoms with Gasteiger partial charge in [-0.1, -0.05) is 17.3 Å². The van der Waals surface area contributed by atoms with Crippen molar-refractivity contribution in [2.75, 3.05) is 12.4 Å². The fourth-order valence-corrected chi connectivity index (χ4v) is 2.81. The number of nitrogens with zero attached hydrogens (tertiary/aromatic N) is 5. The van der Waals surface area contributed by atoms with Crippen molar-refractivity contribution in [1.82, 2.24) is 24.9 Å². The summed E-state index contributed by atoms with van der Waals surface area (Å²) >= 11 is 0. The zero-order valence-electron chi connectivity index (χ0n) is 14.6. The van der Waals surface area contributed by atoms with Gasteiger partial charge >= 0.3 is 0 Å². The fourth-order valence-electron chi connectivity index (χ4n) is 2.81. The van der Waals surface area contributed by atoms with Gasteiger partial charge in [0.25, 0.3) is 5.95 Å². The van der Waals surface area contributed by atoms with Crippen LogP contribution in [0.4, 0.5) is 5.82 Å². The lowest BCUT2D eigenvalue weighted by Crippen LogP contribution is -2.23. The van der Waals surface area contributed by atoms with E-state index in [2.05, 4.69) is 25.5 Å². The van der Waals surface area contributed by atoms with Crippen LogP contribution in [0.2, 0.25) is 0 Å². The van der Waals surface area contributed by atoms with Crippen molar-refractivity contribution in [3.63, 3.8) is 0 Å². The van der Waals surface area contributed by atoms with Crippen LogP contribution >= 0.6 is 0 Å². The van der Waals surface area contributed by atoms with Crippen LogP contribution in [0.3, 0.4) is 0 Å². The number of hydrogen-bond donors (Lipinski definition) is 2. The van der Waals surface area contributed by atoms with Gasteiger partial charge in [-0.3, -0.25) is 0 Å². The van der Waals surface area contributed by atoms with Crippen LogP contribution in [-0.4, -0.2) is 37.1 Å². The van der Waals surface area contributed by atoms with Crippen LogP contribution in [0.15, 0.2) is 47.2 Å². The van der Waals surface area contributed by atoms with E-state index in [4.69, 9.17) is 4.52 Å².